The molecule has 27 heavy (non-hydrogen) atoms. The van der Waals surface area contributed by atoms with Crippen molar-refractivity contribution in [3.05, 3.63) is 60.2 Å². The summed E-state index contributed by atoms with van der Waals surface area (Å²) in [7, 11) is 0. The molecule has 5 rings (SSSR count). The molecule has 7 heteroatoms. The molecule has 3 aliphatic heterocycles. The minimum absolute atomic E-state index is 0.147. The minimum Gasteiger partial charge on any atom is -0.341 e. The number of nitrogens with zero attached hydrogens (tertiary/aromatic N) is 2. The highest BCUT2D eigenvalue weighted by Crippen LogP contribution is 2.16. The second kappa shape index (κ2) is 9.85. The summed E-state index contributed by atoms with van der Waals surface area (Å²) in [6.07, 6.45) is 0. The van der Waals surface area contributed by atoms with Crippen LogP contribution in [0.25, 0.3) is 0 Å². The summed E-state index contributed by atoms with van der Waals surface area (Å²) in [5.41, 5.74) is 2.10. The van der Waals surface area contributed by atoms with Gasteiger partial charge in [-0.1, -0.05) is 36.5 Å². The summed E-state index contributed by atoms with van der Waals surface area (Å²) in [5, 5.41) is 5.73. The molecule has 0 saturated carbocycles. The number of carbonyl (C=O) groups excluding carboxylic acids is 1. The van der Waals surface area contributed by atoms with E-state index in [-0.39, 0.29) is 5.91 Å². The van der Waals surface area contributed by atoms with E-state index >= 15 is 0 Å². The molecule has 2 aromatic rings. The molecule has 2 bridgehead atoms. The number of anilines is 2. The number of fused-ring (bicyclic) bond motifs is 3. The van der Waals surface area contributed by atoms with Crippen LogP contribution in [-0.2, 0) is 0 Å². The number of hydrogen-bond acceptors (Lipinski definition) is 4. The molecule has 3 heterocycles. The summed E-state index contributed by atoms with van der Waals surface area (Å²) in [4.78, 5) is 17.1. The predicted octanol–water partition coefficient (Wildman–Crippen LogP) is 3.18. The van der Waals surface area contributed by atoms with Crippen molar-refractivity contribution < 1.29 is 4.79 Å². The number of piperazine rings is 3. The van der Waals surface area contributed by atoms with E-state index in [4.69, 9.17) is 12.2 Å². The first kappa shape index (κ1) is 19.8. The minimum atomic E-state index is -0.147. The topological polar surface area (TPSA) is 47.6 Å². The Bertz CT molecular complexity index is 754. The summed E-state index contributed by atoms with van der Waals surface area (Å²) in [6.45, 7) is 7.92. The van der Waals surface area contributed by atoms with Crippen LogP contribution in [0.5, 0.6) is 0 Å². The zero-order valence-electron chi connectivity index (χ0n) is 15.1. The Balaban J connectivity index is 0.000000216. The van der Waals surface area contributed by atoms with Crippen molar-refractivity contribution in [2.75, 3.05) is 49.9 Å². The fraction of sp³-hybridized carbons (Fsp3) is 0.300. The van der Waals surface area contributed by atoms with Gasteiger partial charge in [0.1, 0.15) is 4.32 Å². The number of hydrogen-bond donors (Lipinski definition) is 3. The number of thiol groups is 1. The van der Waals surface area contributed by atoms with Crippen LogP contribution in [-0.4, -0.2) is 59.3 Å². The molecule has 5 nitrogen and oxygen atoms in total. The molecule has 142 valence electrons. The van der Waals surface area contributed by atoms with E-state index in [1.807, 2.05) is 36.4 Å². The van der Waals surface area contributed by atoms with Gasteiger partial charge in [0.2, 0.25) is 0 Å². The van der Waals surface area contributed by atoms with Crippen LogP contribution in [0, 0.1) is 0 Å². The summed E-state index contributed by atoms with van der Waals surface area (Å²) >= 11 is 8.85. The third-order valence-electron chi connectivity index (χ3n) is 4.61. The van der Waals surface area contributed by atoms with Gasteiger partial charge < -0.3 is 10.6 Å². The van der Waals surface area contributed by atoms with Crippen molar-refractivity contribution >= 4 is 46.4 Å². The third-order valence-corrected chi connectivity index (χ3v) is 4.82. The maximum atomic E-state index is 12.0. The molecular formula is C20H24N4OS2. The predicted molar refractivity (Wildman–Crippen MR) is 119 cm³/mol. The van der Waals surface area contributed by atoms with Crippen LogP contribution in [0.4, 0.5) is 11.4 Å². The number of amides is 1. The zero-order chi connectivity index (χ0) is 19.1. The number of benzene rings is 2. The summed E-state index contributed by atoms with van der Waals surface area (Å²) < 4.78 is 0.381. The Morgan fingerprint density at radius 1 is 0.815 bits per heavy atom. The third kappa shape index (κ3) is 6.32. The molecule has 0 radical (unpaired) electrons. The van der Waals surface area contributed by atoms with E-state index in [1.165, 1.54) is 39.3 Å². The van der Waals surface area contributed by atoms with Gasteiger partial charge in [-0.15, -0.1) is 12.6 Å². The van der Waals surface area contributed by atoms with Crippen LogP contribution >= 0.6 is 24.8 Å². The SMILES string of the molecule is C1CN2CCN1CC2.O=C(Nc1cccc(NC(=S)S)c1)c1ccccc1. The highest BCUT2D eigenvalue weighted by molar-refractivity contribution is 8.11. The lowest BCUT2D eigenvalue weighted by Crippen LogP contribution is -2.55. The standard InChI is InChI=1S/C14H12N2OS2.C6H12N2/c17-13(10-5-2-1-3-6-10)15-11-7-4-8-12(9-11)16-14(18)19;1-2-8-5-3-7(1)4-6-8/h1-9H,(H,15,17)(H2,16,18,19);1-6H2. The Hall–Kier alpha value is -1.93. The van der Waals surface area contributed by atoms with E-state index in [0.717, 1.165) is 5.69 Å². The normalized spacial score (nSPS) is 20.2. The Morgan fingerprint density at radius 3 is 1.81 bits per heavy atom. The maximum absolute atomic E-state index is 12.0. The highest BCUT2D eigenvalue weighted by Gasteiger charge is 2.21. The quantitative estimate of drug-likeness (QED) is 0.546. The van der Waals surface area contributed by atoms with Crippen LogP contribution in [0.1, 0.15) is 10.4 Å². The van der Waals surface area contributed by atoms with Gasteiger partial charge in [0.05, 0.1) is 0 Å². The Labute approximate surface area is 171 Å². The molecule has 0 aromatic heterocycles. The van der Waals surface area contributed by atoms with Crippen LogP contribution in [0.3, 0.4) is 0 Å². The van der Waals surface area contributed by atoms with Crippen molar-refractivity contribution in [1.29, 1.82) is 0 Å². The van der Waals surface area contributed by atoms with Crippen molar-refractivity contribution in [3.63, 3.8) is 0 Å². The molecule has 3 fully saturated rings. The smallest absolute Gasteiger partial charge is 0.255 e. The summed E-state index contributed by atoms with van der Waals surface area (Å²) in [5.74, 6) is -0.147. The van der Waals surface area contributed by atoms with Crippen LogP contribution in [0.15, 0.2) is 54.6 Å². The van der Waals surface area contributed by atoms with Crippen molar-refractivity contribution in [1.82, 2.24) is 9.80 Å². The molecule has 0 aliphatic carbocycles. The molecule has 1 amide bonds. The molecular weight excluding hydrogens is 376 g/mol. The number of nitrogens with one attached hydrogen (secondary N) is 2. The number of carbonyl (C=O) groups is 1. The average Bonchev–Trinajstić information content (AvgIpc) is 2.70. The van der Waals surface area contributed by atoms with Crippen LogP contribution in [0.2, 0.25) is 0 Å². The van der Waals surface area contributed by atoms with Gasteiger partial charge in [0.15, 0.2) is 0 Å². The second-order valence-electron chi connectivity index (χ2n) is 6.51. The highest BCUT2D eigenvalue weighted by atomic mass is 32.1. The largest absolute Gasteiger partial charge is 0.341 e. The van der Waals surface area contributed by atoms with Gasteiger partial charge in [-0.2, -0.15) is 0 Å². The van der Waals surface area contributed by atoms with Gasteiger partial charge in [0, 0.05) is 56.2 Å². The fourth-order valence-corrected chi connectivity index (χ4v) is 3.36. The van der Waals surface area contributed by atoms with E-state index in [1.54, 1.807) is 18.2 Å². The summed E-state index contributed by atoms with van der Waals surface area (Å²) in [6, 6.07) is 16.3. The number of rotatable bonds is 3. The first-order valence-corrected chi connectivity index (χ1v) is 9.87. The Morgan fingerprint density at radius 2 is 1.33 bits per heavy atom. The molecule has 0 spiro atoms. The van der Waals surface area contributed by atoms with E-state index in [2.05, 4.69) is 33.1 Å². The molecule has 2 aromatic carbocycles. The van der Waals surface area contributed by atoms with Crippen molar-refractivity contribution in [2.24, 2.45) is 0 Å². The second-order valence-corrected chi connectivity index (χ2v) is 7.67. The van der Waals surface area contributed by atoms with Crippen LogP contribution < -0.4 is 10.6 Å². The van der Waals surface area contributed by atoms with Gasteiger partial charge in [-0.25, -0.2) is 0 Å². The zero-order valence-corrected chi connectivity index (χ0v) is 16.8. The molecule has 0 unspecified atom stereocenters. The monoisotopic (exact) mass is 400 g/mol. The maximum Gasteiger partial charge on any atom is 0.255 e. The first-order valence-electron chi connectivity index (χ1n) is 9.01. The fourth-order valence-electron chi connectivity index (χ4n) is 3.11. The van der Waals surface area contributed by atoms with Gasteiger partial charge >= 0.3 is 0 Å². The molecule has 3 aliphatic rings. The van der Waals surface area contributed by atoms with Crippen molar-refractivity contribution in [2.45, 2.75) is 0 Å². The molecule has 0 atom stereocenters. The lowest BCUT2D eigenvalue weighted by atomic mass is 10.2. The number of thiocarbonyl (C=S) groups is 1. The van der Waals surface area contributed by atoms with E-state index in [9.17, 15) is 4.79 Å². The lowest BCUT2D eigenvalue weighted by molar-refractivity contribution is 0.0647. The van der Waals surface area contributed by atoms with Crippen molar-refractivity contribution in [3.8, 4) is 0 Å². The van der Waals surface area contributed by atoms with E-state index < -0.39 is 0 Å². The van der Waals surface area contributed by atoms with Gasteiger partial charge in [-0.05, 0) is 30.3 Å². The lowest BCUT2D eigenvalue weighted by Gasteiger charge is -2.41. The first-order chi connectivity index (χ1) is 13.1. The van der Waals surface area contributed by atoms with Gasteiger partial charge in [0.25, 0.3) is 5.91 Å². The molecule has 2 N–H and O–H groups in total. The van der Waals surface area contributed by atoms with Gasteiger partial charge in [-0.3, -0.25) is 14.6 Å². The average molecular weight is 401 g/mol. The van der Waals surface area contributed by atoms with E-state index in [0.29, 0.717) is 15.6 Å². The Kier molecular flexibility index (Phi) is 7.23. The molecule has 3 saturated heterocycles.